The minimum Gasteiger partial charge on any atom is -0.390 e. The second-order valence-corrected chi connectivity index (χ2v) is 9.32. The lowest BCUT2D eigenvalue weighted by Crippen LogP contribution is -2.42. The monoisotopic (exact) mass is 436 g/mol. The molecule has 2 N–H and O–H groups in total. The molecule has 2 atom stereocenters. The number of aromatic nitrogens is 1. The summed E-state index contributed by atoms with van der Waals surface area (Å²) in [6, 6.07) is 12.7. The first kappa shape index (κ1) is 22.9. The molecular formula is C26H36N4O2. The van der Waals surface area contributed by atoms with Crippen LogP contribution in [0.25, 0.3) is 0 Å². The quantitative estimate of drug-likeness (QED) is 0.666. The fraction of sp³-hybridized carbons (Fsp3) is 0.538. The van der Waals surface area contributed by atoms with E-state index in [-0.39, 0.29) is 12.5 Å². The van der Waals surface area contributed by atoms with E-state index >= 15 is 0 Å². The average molecular weight is 437 g/mol. The lowest BCUT2D eigenvalue weighted by atomic mass is 9.97. The summed E-state index contributed by atoms with van der Waals surface area (Å²) in [4.78, 5) is 21.8. The van der Waals surface area contributed by atoms with Crippen molar-refractivity contribution in [1.82, 2.24) is 20.1 Å². The molecule has 6 heteroatoms. The van der Waals surface area contributed by atoms with Gasteiger partial charge in [-0.25, -0.2) is 0 Å². The van der Waals surface area contributed by atoms with Gasteiger partial charge in [-0.2, -0.15) is 0 Å². The third kappa shape index (κ3) is 6.15. The van der Waals surface area contributed by atoms with Crippen molar-refractivity contribution in [3.8, 4) is 0 Å². The Balaban J connectivity index is 1.23. The zero-order valence-corrected chi connectivity index (χ0v) is 19.2. The first-order valence-corrected chi connectivity index (χ1v) is 12.0. The van der Waals surface area contributed by atoms with Gasteiger partial charge >= 0.3 is 0 Å². The summed E-state index contributed by atoms with van der Waals surface area (Å²) in [6.45, 7) is 3.77. The van der Waals surface area contributed by atoms with Crippen LogP contribution in [0.15, 0.2) is 42.6 Å². The van der Waals surface area contributed by atoms with Crippen LogP contribution in [-0.2, 0) is 19.4 Å². The summed E-state index contributed by atoms with van der Waals surface area (Å²) in [5.41, 5.74) is 4.31. The number of likely N-dealkylation sites (tertiary alicyclic amines) is 1. The zero-order chi connectivity index (χ0) is 22.3. The Hall–Kier alpha value is -2.28. The molecular weight excluding hydrogens is 400 g/mol. The van der Waals surface area contributed by atoms with Crippen LogP contribution in [0.5, 0.6) is 0 Å². The van der Waals surface area contributed by atoms with Gasteiger partial charge in [-0.3, -0.25) is 14.7 Å². The van der Waals surface area contributed by atoms with Crippen LogP contribution in [0.1, 0.15) is 52.9 Å². The van der Waals surface area contributed by atoms with Gasteiger partial charge in [0.15, 0.2) is 0 Å². The number of aliphatic hydroxyl groups is 1. The molecule has 172 valence electrons. The number of hydrogen-bond donors (Lipinski definition) is 2. The van der Waals surface area contributed by atoms with Crippen molar-refractivity contribution in [2.45, 2.75) is 57.2 Å². The number of hydrogen-bond acceptors (Lipinski definition) is 5. The Bertz CT molecular complexity index is 903. The molecule has 1 unspecified atom stereocenters. The van der Waals surface area contributed by atoms with Crippen LogP contribution in [0.4, 0.5) is 0 Å². The van der Waals surface area contributed by atoms with Crippen molar-refractivity contribution in [3.63, 3.8) is 0 Å². The third-order valence-corrected chi connectivity index (χ3v) is 6.91. The number of nitrogens with one attached hydrogen (secondary N) is 1. The molecule has 0 radical (unpaired) electrons. The Kier molecular flexibility index (Phi) is 7.90. The molecule has 1 aromatic heterocycles. The lowest BCUT2D eigenvalue weighted by Gasteiger charge is -2.32. The van der Waals surface area contributed by atoms with Gasteiger partial charge in [0.05, 0.1) is 6.10 Å². The molecule has 0 spiro atoms. The van der Waals surface area contributed by atoms with Crippen LogP contribution in [0, 0.1) is 0 Å². The molecule has 2 aliphatic rings. The highest BCUT2D eigenvalue weighted by Crippen LogP contribution is 2.20. The van der Waals surface area contributed by atoms with Gasteiger partial charge in [-0.05, 0) is 69.0 Å². The second-order valence-electron chi connectivity index (χ2n) is 9.32. The number of carbonyl (C=O) groups excluding carboxylic acids is 1. The van der Waals surface area contributed by atoms with Gasteiger partial charge in [-0.15, -0.1) is 0 Å². The molecule has 0 saturated carbocycles. The molecule has 2 aliphatic heterocycles. The minimum absolute atomic E-state index is 0.147. The fourth-order valence-corrected chi connectivity index (χ4v) is 4.96. The highest BCUT2D eigenvalue weighted by atomic mass is 16.3. The van der Waals surface area contributed by atoms with Gasteiger partial charge in [0.1, 0.15) is 0 Å². The van der Waals surface area contributed by atoms with Crippen molar-refractivity contribution in [2.75, 3.05) is 33.2 Å². The summed E-state index contributed by atoms with van der Waals surface area (Å²) in [6.07, 6.45) is 7.93. The first-order chi connectivity index (χ1) is 15.6. The van der Waals surface area contributed by atoms with Gasteiger partial charge in [0.25, 0.3) is 5.91 Å². The number of aliphatic hydroxyl groups excluding tert-OH is 1. The smallest absolute Gasteiger partial charge is 0.251 e. The van der Waals surface area contributed by atoms with Gasteiger partial charge in [0, 0.05) is 49.7 Å². The number of piperidine rings is 1. The maximum atomic E-state index is 12.6. The van der Waals surface area contributed by atoms with Crippen molar-refractivity contribution >= 4 is 5.91 Å². The van der Waals surface area contributed by atoms with E-state index in [4.69, 9.17) is 0 Å². The molecule has 6 nitrogen and oxygen atoms in total. The largest absolute Gasteiger partial charge is 0.390 e. The standard InChI is InChI=1S/C26H36N4O2/c1-29-14-5-4-8-24(29)10-9-23-16-21(11-13-27-23)26(32)28-17-25(31)19-30-15-12-20-6-2-3-7-22(20)18-30/h2-3,6-7,11,13,16,24-25,31H,4-5,8-10,12,14-15,17-19H2,1H3,(H,28,32)/t24?,25-/m0/s1. The molecule has 0 bridgehead atoms. The van der Waals surface area contributed by atoms with E-state index in [0.29, 0.717) is 18.2 Å². The Morgan fingerprint density at radius 1 is 1.22 bits per heavy atom. The molecule has 1 fully saturated rings. The molecule has 1 aromatic carbocycles. The highest BCUT2D eigenvalue weighted by Gasteiger charge is 2.20. The molecule has 0 aliphatic carbocycles. The van der Waals surface area contributed by atoms with E-state index < -0.39 is 6.10 Å². The van der Waals surface area contributed by atoms with Crippen molar-refractivity contribution in [2.24, 2.45) is 0 Å². The number of nitrogens with zero attached hydrogens (tertiary/aromatic N) is 3. The van der Waals surface area contributed by atoms with Gasteiger partial charge < -0.3 is 15.3 Å². The number of pyridine rings is 1. The van der Waals surface area contributed by atoms with Crippen LogP contribution < -0.4 is 5.32 Å². The second kappa shape index (κ2) is 11.0. The molecule has 1 saturated heterocycles. The number of aryl methyl sites for hydroxylation is 1. The Labute approximate surface area is 191 Å². The van der Waals surface area contributed by atoms with E-state index in [1.807, 2.05) is 6.07 Å². The van der Waals surface area contributed by atoms with E-state index in [0.717, 1.165) is 38.0 Å². The summed E-state index contributed by atoms with van der Waals surface area (Å²) in [5.74, 6) is -0.147. The minimum atomic E-state index is -0.590. The average Bonchev–Trinajstić information content (AvgIpc) is 2.82. The Morgan fingerprint density at radius 2 is 2.06 bits per heavy atom. The van der Waals surface area contributed by atoms with Gasteiger partial charge in [0.2, 0.25) is 0 Å². The summed E-state index contributed by atoms with van der Waals surface area (Å²) in [7, 11) is 2.20. The molecule has 1 amide bonds. The Morgan fingerprint density at radius 3 is 2.91 bits per heavy atom. The van der Waals surface area contributed by atoms with Crippen molar-refractivity contribution < 1.29 is 9.90 Å². The van der Waals surface area contributed by atoms with Crippen molar-refractivity contribution in [3.05, 3.63) is 65.0 Å². The zero-order valence-electron chi connectivity index (χ0n) is 19.2. The lowest BCUT2D eigenvalue weighted by molar-refractivity contribution is 0.0841. The van der Waals surface area contributed by atoms with Gasteiger partial charge in [-0.1, -0.05) is 30.7 Å². The van der Waals surface area contributed by atoms with E-state index in [9.17, 15) is 9.90 Å². The number of benzene rings is 1. The number of β-amino-alcohol motifs (C(OH)–C–C–N with tert-alkyl or cyclic N) is 1. The first-order valence-electron chi connectivity index (χ1n) is 12.0. The maximum absolute atomic E-state index is 12.6. The fourth-order valence-electron chi connectivity index (χ4n) is 4.96. The van der Waals surface area contributed by atoms with E-state index in [1.165, 1.54) is 36.9 Å². The van der Waals surface area contributed by atoms with Crippen LogP contribution in [0.3, 0.4) is 0 Å². The predicted molar refractivity (Wildman–Crippen MR) is 127 cm³/mol. The summed E-state index contributed by atoms with van der Waals surface area (Å²) >= 11 is 0. The van der Waals surface area contributed by atoms with E-state index in [1.54, 1.807) is 12.3 Å². The predicted octanol–water partition coefficient (Wildman–Crippen LogP) is 2.65. The maximum Gasteiger partial charge on any atom is 0.251 e. The van der Waals surface area contributed by atoms with E-state index in [2.05, 4.69) is 51.4 Å². The number of carbonyl (C=O) groups is 1. The SMILES string of the molecule is CN1CCCCC1CCc1cc(C(=O)NC[C@H](O)CN2CCc3ccccc3C2)ccn1. The highest BCUT2D eigenvalue weighted by molar-refractivity contribution is 5.94. The number of fused-ring (bicyclic) bond motifs is 1. The summed E-state index contributed by atoms with van der Waals surface area (Å²) < 4.78 is 0. The topological polar surface area (TPSA) is 68.7 Å². The normalized spacial score (nSPS) is 20.5. The van der Waals surface area contributed by atoms with Crippen molar-refractivity contribution in [1.29, 1.82) is 0 Å². The molecule has 32 heavy (non-hydrogen) atoms. The summed E-state index contributed by atoms with van der Waals surface area (Å²) in [5, 5.41) is 13.4. The molecule has 3 heterocycles. The number of rotatable bonds is 8. The van der Waals surface area contributed by atoms with Crippen LogP contribution in [0.2, 0.25) is 0 Å². The number of amides is 1. The third-order valence-electron chi connectivity index (χ3n) is 6.91. The molecule has 4 rings (SSSR count). The van der Waals surface area contributed by atoms with Crippen LogP contribution in [-0.4, -0.2) is 71.2 Å². The molecule has 2 aromatic rings. The van der Waals surface area contributed by atoms with Crippen LogP contribution >= 0.6 is 0 Å².